The van der Waals surface area contributed by atoms with Gasteiger partial charge in [0.1, 0.15) is 0 Å². The first-order valence-corrected chi connectivity index (χ1v) is 7.07. The van der Waals surface area contributed by atoms with Crippen LogP contribution in [-0.4, -0.2) is 37.6 Å². The summed E-state index contributed by atoms with van der Waals surface area (Å²) in [4.78, 5) is 2.63. The standard InChI is InChI=1S/C14H28N2/c1-11-4-6-14(7-5-11)16(3)10-12(2)13-8-15-9-13/h11-15H,4-10H2,1-3H3. The van der Waals surface area contributed by atoms with Gasteiger partial charge in [0.15, 0.2) is 0 Å². The van der Waals surface area contributed by atoms with Gasteiger partial charge >= 0.3 is 0 Å². The quantitative estimate of drug-likeness (QED) is 0.788. The van der Waals surface area contributed by atoms with E-state index in [1.165, 1.54) is 45.3 Å². The molecule has 0 bridgehead atoms. The van der Waals surface area contributed by atoms with Crippen LogP contribution >= 0.6 is 0 Å². The number of nitrogens with one attached hydrogen (secondary N) is 1. The van der Waals surface area contributed by atoms with E-state index in [-0.39, 0.29) is 0 Å². The maximum Gasteiger partial charge on any atom is 0.00925 e. The molecule has 2 nitrogen and oxygen atoms in total. The molecule has 1 N–H and O–H groups in total. The summed E-state index contributed by atoms with van der Waals surface area (Å²) in [6, 6.07) is 0.867. The molecule has 1 aliphatic carbocycles. The lowest BCUT2D eigenvalue weighted by molar-refractivity contribution is 0.121. The van der Waals surface area contributed by atoms with E-state index >= 15 is 0 Å². The molecule has 1 unspecified atom stereocenters. The van der Waals surface area contributed by atoms with Gasteiger partial charge in [-0.15, -0.1) is 0 Å². The third kappa shape index (κ3) is 2.98. The lowest BCUT2D eigenvalue weighted by Gasteiger charge is -2.39. The van der Waals surface area contributed by atoms with Gasteiger partial charge in [0.05, 0.1) is 0 Å². The monoisotopic (exact) mass is 224 g/mol. The van der Waals surface area contributed by atoms with Crippen molar-refractivity contribution in [1.82, 2.24) is 10.2 Å². The van der Waals surface area contributed by atoms with E-state index in [1.807, 2.05) is 0 Å². The average molecular weight is 224 g/mol. The Morgan fingerprint density at radius 1 is 1.19 bits per heavy atom. The molecule has 0 aromatic heterocycles. The molecule has 16 heavy (non-hydrogen) atoms. The molecule has 1 saturated heterocycles. The summed E-state index contributed by atoms with van der Waals surface area (Å²) in [7, 11) is 2.34. The van der Waals surface area contributed by atoms with Crippen molar-refractivity contribution in [2.45, 2.75) is 45.6 Å². The van der Waals surface area contributed by atoms with Gasteiger partial charge in [-0.25, -0.2) is 0 Å². The van der Waals surface area contributed by atoms with Gasteiger partial charge in [0.25, 0.3) is 0 Å². The van der Waals surface area contributed by atoms with Gasteiger partial charge in [0, 0.05) is 12.6 Å². The van der Waals surface area contributed by atoms with Gasteiger partial charge in [0.2, 0.25) is 0 Å². The lowest BCUT2D eigenvalue weighted by Crippen LogP contribution is -2.49. The zero-order chi connectivity index (χ0) is 11.5. The molecule has 1 heterocycles. The molecule has 0 aromatic carbocycles. The molecular weight excluding hydrogens is 196 g/mol. The summed E-state index contributed by atoms with van der Waals surface area (Å²) in [5.74, 6) is 2.77. The normalized spacial score (nSPS) is 33.8. The fourth-order valence-corrected chi connectivity index (χ4v) is 3.15. The van der Waals surface area contributed by atoms with E-state index in [2.05, 4.69) is 31.1 Å². The smallest absolute Gasteiger partial charge is 0.00925 e. The third-order valence-electron chi connectivity index (χ3n) is 4.80. The van der Waals surface area contributed by atoms with Crippen molar-refractivity contribution in [2.75, 3.05) is 26.7 Å². The lowest BCUT2D eigenvalue weighted by atomic mass is 9.85. The van der Waals surface area contributed by atoms with E-state index in [4.69, 9.17) is 0 Å². The van der Waals surface area contributed by atoms with Crippen LogP contribution in [-0.2, 0) is 0 Å². The topological polar surface area (TPSA) is 15.3 Å². The summed E-state index contributed by atoms with van der Waals surface area (Å²) in [5.41, 5.74) is 0. The number of nitrogens with zero attached hydrogens (tertiary/aromatic N) is 1. The van der Waals surface area contributed by atoms with Gasteiger partial charge in [-0.2, -0.15) is 0 Å². The van der Waals surface area contributed by atoms with Crippen molar-refractivity contribution in [2.24, 2.45) is 17.8 Å². The molecule has 1 saturated carbocycles. The summed E-state index contributed by atoms with van der Waals surface area (Å²) >= 11 is 0. The van der Waals surface area contributed by atoms with Crippen LogP contribution in [0.2, 0.25) is 0 Å². The highest BCUT2D eigenvalue weighted by Gasteiger charge is 2.27. The van der Waals surface area contributed by atoms with Gasteiger partial charge in [-0.3, -0.25) is 0 Å². The van der Waals surface area contributed by atoms with Crippen molar-refractivity contribution in [3.05, 3.63) is 0 Å². The SMILES string of the molecule is CC1CCC(N(C)CC(C)C2CNC2)CC1. The number of hydrogen-bond donors (Lipinski definition) is 1. The zero-order valence-corrected chi connectivity index (χ0v) is 11.2. The van der Waals surface area contributed by atoms with Crippen LogP contribution in [0.3, 0.4) is 0 Å². The molecule has 2 heteroatoms. The summed E-state index contributed by atoms with van der Waals surface area (Å²) in [5, 5.41) is 3.38. The third-order valence-corrected chi connectivity index (χ3v) is 4.80. The van der Waals surface area contributed by atoms with Crippen molar-refractivity contribution < 1.29 is 0 Å². The van der Waals surface area contributed by atoms with Gasteiger partial charge in [-0.05, 0) is 63.6 Å². The Hall–Kier alpha value is -0.0800. The van der Waals surface area contributed by atoms with Crippen molar-refractivity contribution in [3.8, 4) is 0 Å². The van der Waals surface area contributed by atoms with Crippen LogP contribution in [0, 0.1) is 17.8 Å². The van der Waals surface area contributed by atoms with Crippen molar-refractivity contribution in [1.29, 1.82) is 0 Å². The molecule has 2 rings (SSSR count). The maximum atomic E-state index is 3.38. The first-order chi connectivity index (χ1) is 7.66. The minimum absolute atomic E-state index is 0.866. The highest BCUT2D eigenvalue weighted by molar-refractivity contribution is 4.83. The second kappa shape index (κ2) is 5.50. The van der Waals surface area contributed by atoms with E-state index < -0.39 is 0 Å². The average Bonchev–Trinajstić information content (AvgIpc) is 2.15. The minimum Gasteiger partial charge on any atom is -0.316 e. The van der Waals surface area contributed by atoms with E-state index in [0.717, 1.165) is 23.8 Å². The first-order valence-electron chi connectivity index (χ1n) is 7.07. The Kier molecular flexibility index (Phi) is 4.26. The van der Waals surface area contributed by atoms with Crippen LogP contribution in [0.4, 0.5) is 0 Å². The fourth-order valence-electron chi connectivity index (χ4n) is 3.15. The molecule has 1 atom stereocenters. The van der Waals surface area contributed by atoms with Crippen LogP contribution < -0.4 is 5.32 Å². The Bertz CT molecular complexity index is 205. The predicted molar refractivity (Wildman–Crippen MR) is 69.6 cm³/mol. The van der Waals surface area contributed by atoms with Crippen LogP contribution in [0.25, 0.3) is 0 Å². The summed E-state index contributed by atoms with van der Waals surface area (Å²) in [6.45, 7) is 8.62. The molecule has 94 valence electrons. The maximum absolute atomic E-state index is 3.38. The molecule has 2 fully saturated rings. The molecular formula is C14H28N2. The summed E-state index contributed by atoms with van der Waals surface area (Å²) in [6.07, 6.45) is 5.73. The van der Waals surface area contributed by atoms with E-state index in [1.54, 1.807) is 0 Å². The first kappa shape index (κ1) is 12.4. The van der Waals surface area contributed by atoms with E-state index in [9.17, 15) is 0 Å². The predicted octanol–water partition coefficient (Wildman–Crippen LogP) is 2.35. The summed E-state index contributed by atoms with van der Waals surface area (Å²) < 4.78 is 0. The zero-order valence-electron chi connectivity index (χ0n) is 11.2. The molecule has 0 radical (unpaired) electrons. The molecule has 1 aliphatic heterocycles. The van der Waals surface area contributed by atoms with Crippen LogP contribution in [0.1, 0.15) is 39.5 Å². The number of hydrogen-bond acceptors (Lipinski definition) is 2. The van der Waals surface area contributed by atoms with Gasteiger partial charge in [-0.1, -0.05) is 13.8 Å². The second-order valence-corrected chi connectivity index (χ2v) is 6.25. The van der Waals surface area contributed by atoms with Crippen LogP contribution in [0.15, 0.2) is 0 Å². The second-order valence-electron chi connectivity index (χ2n) is 6.25. The highest BCUT2D eigenvalue weighted by atomic mass is 15.1. The highest BCUT2D eigenvalue weighted by Crippen LogP contribution is 2.27. The van der Waals surface area contributed by atoms with Gasteiger partial charge < -0.3 is 10.2 Å². The molecule has 0 amide bonds. The Morgan fingerprint density at radius 3 is 2.31 bits per heavy atom. The Balaban J connectivity index is 1.72. The van der Waals surface area contributed by atoms with Crippen molar-refractivity contribution in [3.63, 3.8) is 0 Å². The van der Waals surface area contributed by atoms with Crippen molar-refractivity contribution >= 4 is 0 Å². The van der Waals surface area contributed by atoms with E-state index in [0.29, 0.717) is 0 Å². The molecule has 2 aliphatic rings. The Morgan fingerprint density at radius 2 is 1.81 bits per heavy atom. The minimum atomic E-state index is 0.866. The number of rotatable bonds is 4. The van der Waals surface area contributed by atoms with Crippen LogP contribution in [0.5, 0.6) is 0 Å². The molecule has 0 spiro atoms. The molecule has 0 aromatic rings. The Labute approximate surface area is 101 Å². The largest absolute Gasteiger partial charge is 0.316 e. The fraction of sp³-hybridized carbons (Fsp3) is 1.00.